The number of rotatable bonds is 4. The molecule has 0 aromatic heterocycles. The largest absolute Gasteiger partial charge is 0.321 e. The van der Waals surface area contributed by atoms with Gasteiger partial charge in [-0.1, -0.05) is 56.6 Å². The maximum atomic E-state index is 5.86. The Bertz CT molecular complexity index is 539. The maximum absolute atomic E-state index is 5.86. The molecule has 2 aromatic rings. The zero-order chi connectivity index (χ0) is 14.6. The minimum Gasteiger partial charge on any atom is -0.321 e. The van der Waals surface area contributed by atoms with Gasteiger partial charge in [-0.15, -0.1) is 0 Å². The molecule has 0 saturated carbocycles. The molecule has 2 N–H and O–H groups in total. The van der Waals surface area contributed by atoms with E-state index >= 15 is 0 Å². The second kappa shape index (κ2) is 6.29. The lowest BCUT2D eigenvalue weighted by Crippen LogP contribution is -2.21. The van der Waals surface area contributed by atoms with E-state index < -0.39 is 0 Å². The van der Waals surface area contributed by atoms with Crippen molar-refractivity contribution in [1.29, 1.82) is 0 Å². The summed E-state index contributed by atoms with van der Waals surface area (Å²) in [5.74, 6) is 0. The number of halogens is 1. The first-order valence-corrected chi connectivity index (χ1v) is 7.17. The molecule has 2 aromatic carbocycles. The van der Waals surface area contributed by atoms with Gasteiger partial charge in [0.25, 0.3) is 0 Å². The summed E-state index contributed by atoms with van der Waals surface area (Å²) < 4.78 is 0. The van der Waals surface area contributed by atoms with Gasteiger partial charge in [-0.2, -0.15) is 0 Å². The quantitative estimate of drug-likeness (QED) is 0.793. The second-order valence-corrected chi connectivity index (χ2v) is 6.37. The van der Waals surface area contributed by atoms with Crippen LogP contribution in [0.4, 0.5) is 5.69 Å². The summed E-state index contributed by atoms with van der Waals surface area (Å²) in [4.78, 5) is 0. The summed E-state index contributed by atoms with van der Waals surface area (Å²) in [6.07, 6.45) is 0. The number of anilines is 1. The van der Waals surface area contributed by atoms with Crippen molar-refractivity contribution in [2.45, 2.75) is 32.7 Å². The predicted octanol–water partition coefficient (Wildman–Crippen LogP) is 4.75. The lowest BCUT2D eigenvalue weighted by atomic mass is 9.87. The molecule has 0 radical (unpaired) electrons. The summed E-state index contributed by atoms with van der Waals surface area (Å²) in [6.45, 7) is 7.40. The lowest BCUT2D eigenvalue weighted by molar-refractivity contribution is 0.590. The monoisotopic (exact) mass is 288 g/mol. The van der Waals surface area contributed by atoms with Crippen molar-refractivity contribution in [2.24, 2.45) is 0 Å². The molecule has 2 nitrogen and oxygen atoms in total. The Labute approximate surface area is 126 Å². The van der Waals surface area contributed by atoms with Gasteiger partial charge >= 0.3 is 0 Å². The van der Waals surface area contributed by atoms with E-state index in [1.54, 1.807) is 0 Å². The van der Waals surface area contributed by atoms with Crippen molar-refractivity contribution in [2.75, 3.05) is 5.43 Å². The van der Waals surface area contributed by atoms with Crippen LogP contribution >= 0.6 is 11.6 Å². The van der Waals surface area contributed by atoms with Crippen LogP contribution in [0.3, 0.4) is 0 Å². The smallest absolute Gasteiger partial charge is 0.0487 e. The Kier molecular flexibility index (Phi) is 4.69. The van der Waals surface area contributed by atoms with Gasteiger partial charge in [0.05, 0.1) is 0 Å². The molecule has 0 aliphatic heterocycles. The molecular weight excluding hydrogens is 268 g/mol. The van der Waals surface area contributed by atoms with Crippen LogP contribution in [0.2, 0.25) is 5.02 Å². The molecule has 106 valence electrons. The molecule has 0 unspecified atom stereocenters. The van der Waals surface area contributed by atoms with Gasteiger partial charge in [0.2, 0.25) is 0 Å². The van der Waals surface area contributed by atoms with Crippen molar-refractivity contribution in [3.63, 3.8) is 0 Å². The molecule has 0 fully saturated rings. The first-order chi connectivity index (χ1) is 9.45. The Morgan fingerprint density at radius 3 is 2.05 bits per heavy atom. The molecule has 20 heavy (non-hydrogen) atoms. The second-order valence-electron chi connectivity index (χ2n) is 5.93. The molecule has 0 amide bonds. The SMILES string of the molecule is CC(C)(C)c1ccc(NNCc2ccc(Cl)cc2)cc1. The summed E-state index contributed by atoms with van der Waals surface area (Å²) in [5, 5.41) is 0.763. The molecule has 0 spiro atoms. The van der Waals surface area contributed by atoms with E-state index in [4.69, 9.17) is 11.6 Å². The summed E-state index contributed by atoms with van der Waals surface area (Å²) in [5.41, 5.74) is 10.2. The van der Waals surface area contributed by atoms with Crippen molar-refractivity contribution in [3.05, 3.63) is 64.7 Å². The van der Waals surface area contributed by atoms with Crippen LogP contribution in [0.25, 0.3) is 0 Å². The standard InChI is InChI=1S/C17H21ClN2/c1-17(2,3)14-6-10-16(11-7-14)20-19-12-13-4-8-15(18)9-5-13/h4-11,19-20H,12H2,1-3H3. The van der Waals surface area contributed by atoms with E-state index in [0.717, 1.165) is 17.3 Å². The average Bonchev–Trinajstić information content (AvgIpc) is 2.41. The molecule has 0 saturated heterocycles. The summed E-state index contributed by atoms with van der Waals surface area (Å²) in [6, 6.07) is 16.3. The Hall–Kier alpha value is -1.51. The highest BCUT2D eigenvalue weighted by Gasteiger charge is 2.12. The van der Waals surface area contributed by atoms with E-state index in [0.29, 0.717) is 0 Å². The number of hydrogen-bond acceptors (Lipinski definition) is 2. The molecule has 0 aliphatic carbocycles. The van der Waals surface area contributed by atoms with Gasteiger partial charge in [0.1, 0.15) is 0 Å². The van der Waals surface area contributed by atoms with Crippen molar-refractivity contribution < 1.29 is 0 Å². The highest BCUT2D eigenvalue weighted by atomic mass is 35.5. The molecule has 3 heteroatoms. The van der Waals surface area contributed by atoms with Gasteiger partial charge in [-0.05, 0) is 40.8 Å². The third-order valence-electron chi connectivity index (χ3n) is 3.19. The predicted molar refractivity (Wildman–Crippen MR) is 87.1 cm³/mol. The van der Waals surface area contributed by atoms with Crippen LogP contribution in [-0.2, 0) is 12.0 Å². The number of hydrazine groups is 1. The minimum absolute atomic E-state index is 0.190. The Balaban J connectivity index is 1.87. The highest BCUT2D eigenvalue weighted by Crippen LogP contribution is 2.23. The van der Waals surface area contributed by atoms with E-state index in [1.807, 2.05) is 24.3 Å². The molecule has 2 rings (SSSR count). The van der Waals surface area contributed by atoms with Crippen molar-refractivity contribution >= 4 is 17.3 Å². The van der Waals surface area contributed by atoms with E-state index in [1.165, 1.54) is 11.1 Å². The van der Waals surface area contributed by atoms with Crippen LogP contribution in [0.15, 0.2) is 48.5 Å². The van der Waals surface area contributed by atoms with Crippen molar-refractivity contribution in [3.8, 4) is 0 Å². The van der Waals surface area contributed by atoms with E-state index in [2.05, 4.69) is 55.9 Å². The minimum atomic E-state index is 0.190. The molecular formula is C17H21ClN2. The zero-order valence-electron chi connectivity index (χ0n) is 12.2. The van der Waals surface area contributed by atoms with Crippen molar-refractivity contribution in [1.82, 2.24) is 5.43 Å². The number of hydrogen-bond donors (Lipinski definition) is 2. The van der Waals surface area contributed by atoms with Gasteiger partial charge in [-0.25, -0.2) is 5.43 Å². The first kappa shape index (κ1) is 14.9. The molecule has 0 aliphatic rings. The zero-order valence-corrected chi connectivity index (χ0v) is 13.0. The summed E-state index contributed by atoms with van der Waals surface area (Å²) >= 11 is 5.86. The van der Waals surface area contributed by atoms with E-state index in [-0.39, 0.29) is 5.41 Å². The fraction of sp³-hybridized carbons (Fsp3) is 0.294. The van der Waals surface area contributed by atoms with Gasteiger partial charge in [0, 0.05) is 17.3 Å². The van der Waals surface area contributed by atoms with Crippen LogP contribution in [0, 0.1) is 0 Å². The summed E-state index contributed by atoms with van der Waals surface area (Å²) in [7, 11) is 0. The Morgan fingerprint density at radius 1 is 0.900 bits per heavy atom. The Morgan fingerprint density at radius 2 is 1.50 bits per heavy atom. The molecule has 0 heterocycles. The average molecular weight is 289 g/mol. The number of nitrogens with one attached hydrogen (secondary N) is 2. The topological polar surface area (TPSA) is 24.1 Å². The molecule has 0 bridgehead atoms. The van der Waals surface area contributed by atoms with E-state index in [9.17, 15) is 0 Å². The fourth-order valence-corrected chi connectivity index (χ4v) is 2.03. The van der Waals surface area contributed by atoms with Crippen LogP contribution in [-0.4, -0.2) is 0 Å². The normalized spacial score (nSPS) is 11.4. The van der Waals surface area contributed by atoms with Crippen LogP contribution in [0.1, 0.15) is 31.9 Å². The third kappa shape index (κ3) is 4.26. The fourth-order valence-electron chi connectivity index (χ4n) is 1.90. The maximum Gasteiger partial charge on any atom is 0.0487 e. The number of benzene rings is 2. The van der Waals surface area contributed by atoms with Crippen LogP contribution < -0.4 is 10.9 Å². The van der Waals surface area contributed by atoms with Gasteiger partial charge in [-0.3, -0.25) is 0 Å². The highest BCUT2D eigenvalue weighted by molar-refractivity contribution is 6.30. The molecule has 0 atom stereocenters. The lowest BCUT2D eigenvalue weighted by Gasteiger charge is -2.19. The van der Waals surface area contributed by atoms with Gasteiger partial charge < -0.3 is 5.43 Å². The third-order valence-corrected chi connectivity index (χ3v) is 3.44. The van der Waals surface area contributed by atoms with Gasteiger partial charge in [0.15, 0.2) is 0 Å². The first-order valence-electron chi connectivity index (χ1n) is 6.79. The van der Waals surface area contributed by atoms with Crippen LogP contribution in [0.5, 0.6) is 0 Å².